The number of anilines is 1. The number of nitrogens with one attached hydrogen (secondary N) is 1. The molecule has 0 atom stereocenters. The standard InChI is InChI=1S/C18H19NO2/c1-3-14-8-11-16(12-9-14)19-18(20)13-10-15-6-4-5-7-17(15)21-2/h4-13H,3H2,1-2H3,(H,19,20). The second kappa shape index (κ2) is 7.29. The highest BCUT2D eigenvalue weighted by Crippen LogP contribution is 2.18. The molecule has 0 unspecified atom stereocenters. The van der Waals surface area contributed by atoms with Gasteiger partial charge in [-0.2, -0.15) is 0 Å². The summed E-state index contributed by atoms with van der Waals surface area (Å²) in [6.45, 7) is 2.10. The first-order valence-corrected chi connectivity index (χ1v) is 6.94. The zero-order valence-electron chi connectivity index (χ0n) is 12.3. The monoisotopic (exact) mass is 281 g/mol. The Morgan fingerprint density at radius 3 is 2.52 bits per heavy atom. The molecule has 0 saturated heterocycles. The zero-order valence-corrected chi connectivity index (χ0v) is 12.3. The van der Waals surface area contributed by atoms with Crippen LogP contribution in [0, 0.1) is 0 Å². The molecule has 0 aliphatic rings. The van der Waals surface area contributed by atoms with Crippen LogP contribution in [0.25, 0.3) is 6.08 Å². The third kappa shape index (κ3) is 4.21. The summed E-state index contributed by atoms with van der Waals surface area (Å²) in [5, 5.41) is 2.83. The van der Waals surface area contributed by atoms with E-state index in [1.165, 1.54) is 11.6 Å². The minimum absolute atomic E-state index is 0.162. The van der Waals surface area contributed by atoms with Crippen LogP contribution in [0.5, 0.6) is 5.75 Å². The number of amides is 1. The molecule has 0 spiro atoms. The van der Waals surface area contributed by atoms with Crippen LogP contribution in [0.4, 0.5) is 5.69 Å². The van der Waals surface area contributed by atoms with E-state index in [1.54, 1.807) is 13.2 Å². The lowest BCUT2D eigenvalue weighted by Crippen LogP contribution is -2.07. The third-order valence-corrected chi connectivity index (χ3v) is 3.18. The first kappa shape index (κ1) is 14.9. The number of rotatable bonds is 5. The highest BCUT2D eigenvalue weighted by atomic mass is 16.5. The molecule has 2 aromatic rings. The molecule has 21 heavy (non-hydrogen) atoms. The van der Waals surface area contributed by atoms with Crippen molar-refractivity contribution in [2.45, 2.75) is 13.3 Å². The first-order valence-electron chi connectivity index (χ1n) is 6.94. The van der Waals surface area contributed by atoms with Gasteiger partial charge in [-0.15, -0.1) is 0 Å². The van der Waals surface area contributed by atoms with E-state index in [-0.39, 0.29) is 5.91 Å². The Hall–Kier alpha value is -2.55. The van der Waals surface area contributed by atoms with Gasteiger partial charge in [0.05, 0.1) is 7.11 Å². The molecule has 0 saturated carbocycles. The van der Waals surface area contributed by atoms with Crippen molar-refractivity contribution in [2.75, 3.05) is 12.4 Å². The molecule has 2 aromatic carbocycles. The number of carbonyl (C=O) groups is 1. The normalized spacial score (nSPS) is 10.6. The average molecular weight is 281 g/mol. The number of benzene rings is 2. The van der Waals surface area contributed by atoms with Gasteiger partial charge in [0, 0.05) is 17.3 Å². The predicted octanol–water partition coefficient (Wildman–Crippen LogP) is 3.91. The molecular weight excluding hydrogens is 262 g/mol. The quantitative estimate of drug-likeness (QED) is 0.844. The van der Waals surface area contributed by atoms with Crippen LogP contribution in [-0.2, 0) is 11.2 Å². The van der Waals surface area contributed by atoms with Gasteiger partial charge in [0.25, 0.3) is 0 Å². The summed E-state index contributed by atoms with van der Waals surface area (Å²) in [4.78, 5) is 11.9. The van der Waals surface area contributed by atoms with Gasteiger partial charge in [-0.25, -0.2) is 0 Å². The number of carbonyl (C=O) groups excluding carboxylic acids is 1. The van der Waals surface area contributed by atoms with Crippen LogP contribution in [0.15, 0.2) is 54.6 Å². The topological polar surface area (TPSA) is 38.3 Å². The van der Waals surface area contributed by atoms with Gasteiger partial charge in [-0.1, -0.05) is 37.3 Å². The second-order valence-corrected chi connectivity index (χ2v) is 4.62. The maximum absolute atomic E-state index is 11.9. The minimum atomic E-state index is -0.162. The molecule has 0 aromatic heterocycles. The fraction of sp³-hybridized carbons (Fsp3) is 0.167. The van der Waals surface area contributed by atoms with Gasteiger partial charge in [-0.05, 0) is 36.3 Å². The maximum atomic E-state index is 11.9. The first-order chi connectivity index (χ1) is 10.2. The minimum Gasteiger partial charge on any atom is -0.496 e. The van der Waals surface area contributed by atoms with E-state index < -0.39 is 0 Å². The van der Waals surface area contributed by atoms with Gasteiger partial charge in [0.15, 0.2) is 0 Å². The van der Waals surface area contributed by atoms with E-state index in [1.807, 2.05) is 48.5 Å². The molecule has 0 fully saturated rings. The molecular formula is C18H19NO2. The summed E-state index contributed by atoms with van der Waals surface area (Å²) in [7, 11) is 1.61. The van der Waals surface area contributed by atoms with Gasteiger partial charge >= 0.3 is 0 Å². The summed E-state index contributed by atoms with van der Waals surface area (Å²) in [5.41, 5.74) is 2.91. The maximum Gasteiger partial charge on any atom is 0.248 e. The van der Waals surface area contributed by atoms with Gasteiger partial charge < -0.3 is 10.1 Å². The Morgan fingerprint density at radius 2 is 1.86 bits per heavy atom. The van der Waals surface area contributed by atoms with Crippen molar-refractivity contribution < 1.29 is 9.53 Å². The van der Waals surface area contributed by atoms with Crippen molar-refractivity contribution >= 4 is 17.7 Å². The smallest absolute Gasteiger partial charge is 0.248 e. The summed E-state index contributed by atoms with van der Waals surface area (Å²) < 4.78 is 5.24. The number of hydrogen-bond donors (Lipinski definition) is 1. The summed E-state index contributed by atoms with van der Waals surface area (Å²) in [5.74, 6) is 0.582. The summed E-state index contributed by atoms with van der Waals surface area (Å²) >= 11 is 0. The lowest BCUT2D eigenvalue weighted by molar-refractivity contribution is -0.111. The molecule has 0 heterocycles. The largest absolute Gasteiger partial charge is 0.496 e. The van der Waals surface area contributed by atoms with Crippen LogP contribution < -0.4 is 10.1 Å². The molecule has 0 bridgehead atoms. The highest BCUT2D eigenvalue weighted by molar-refractivity contribution is 6.02. The van der Waals surface area contributed by atoms with E-state index in [0.29, 0.717) is 0 Å². The van der Waals surface area contributed by atoms with Gasteiger partial charge in [0.2, 0.25) is 5.91 Å². The van der Waals surface area contributed by atoms with Crippen molar-refractivity contribution in [3.05, 3.63) is 65.7 Å². The Labute approximate surface area is 125 Å². The molecule has 2 rings (SSSR count). The molecule has 0 radical (unpaired) electrons. The Morgan fingerprint density at radius 1 is 1.14 bits per heavy atom. The second-order valence-electron chi connectivity index (χ2n) is 4.62. The Bertz CT molecular complexity index is 630. The number of methoxy groups -OCH3 is 1. The molecule has 108 valence electrons. The van der Waals surface area contributed by atoms with Crippen molar-refractivity contribution in [1.82, 2.24) is 0 Å². The predicted molar refractivity (Wildman–Crippen MR) is 86.5 cm³/mol. The van der Waals surface area contributed by atoms with E-state index in [2.05, 4.69) is 12.2 Å². The van der Waals surface area contributed by atoms with Crippen LogP contribution in [-0.4, -0.2) is 13.0 Å². The lowest BCUT2D eigenvalue weighted by Gasteiger charge is -2.04. The summed E-state index contributed by atoms with van der Waals surface area (Å²) in [6, 6.07) is 15.4. The number of aryl methyl sites for hydroxylation is 1. The van der Waals surface area contributed by atoms with E-state index >= 15 is 0 Å². The van der Waals surface area contributed by atoms with Crippen LogP contribution in [0.3, 0.4) is 0 Å². The van der Waals surface area contributed by atoms with Crippen LogP contribution >= 0.6 is 0 Å². The van der Waals surface area contributed by atoms with Crippen LogP contribution in [0.2, 0.25) is 0 Å². The molecule has 3 nitrogen and oxygen atoms in total. The van der Waals surface area contributed by atoms with Crippen molar-refractivity contribution in [3.63, 3.8) is 0 Å². The van der Waals surface area contributed by atoms with E-state index in [9.17, 15) is 4.79 Å². The SMILES string of the molecule is CCc1ccc(NC(=O)C=Cc2ccccc2OC)cc1. The molecule has 1 N–H and O–H groups in total. The van der Waals surface area contributed by atoms with Gasteiger partial charge in [-0.3, -0.25) is 4.79 Å². The van der Waals surface area contributed by atoms with Crippen molar-refractivity contribution in [2.24, 2.45) is 0 Å². The molecule has 0 aliphatic heterocycles. The number of ether oxygens (including phenoxy) is 1. The highest BCUT2D eigenvalue weighted by Gasteiger charge is 2.00. The van der Waals surface area contributed by atoms with Crippen LogP contribution in [0.1, 0.15) is 18.1 Å². The third-order valence-electron chi connectivity index (χ3n) is 3.18. The van der Waals surface area contributed by atoms with E-state index in [4.69, 9.17) is 4.74 Å². The number of para-hydroxylation sites is 1. The molecule has 3 heteroatoms. The zero-order chi connectivity index (χ0) is 15.1. The molecule has 0 aliphatic carbocycles. The lowest BCUT2D eigenvalue weighted by atomic mass is 10.1. The molecule has 1 amide bonds. The van der Waals surface area contributed by atoms with Crippen molar-refractivity contribution in [3.8, 4) is 5.75 Å². The van der Waals surface area contributed by atoms with E-state index in [0.717, 1.165) is 23.4 Å². The fourth-order valence-electron chi connectivity index (χ4n) is 1.98. The average Bonchev–Trinajstić information content (AvgIpc) is 2.54. The summed E-state index contributed by atoms with van der Waals surface area (Å²) in [6.07, 6.45) is 4.24. The fourth-order valence-corrected chi connectivity index (χ4v) is 1.98. The van der Waals surface area contributed by atoms with Gasteiger partial charge in [0.1, 0.15) is 5.75 Å². The number of hydrogen-bond acceptors (Lipinski definition) is 2. The Balaban J connectivity index is 2.02. The Kier molecular flexibility index (Phi) is 5.16. The van der Waals surface area contributed by atoms with Crippen molar-refractivity contribution in [1.29, 1.82) is 0 Å².